The van der Waals surface area contributed by atoms with Crippen LogP contribution in [-0.2, 0) is 6.54 Å². The van der Waals surface area contributed by atoms with E-state index in [2.05, 4.69) is 23.4 Å². The number of nitrogens with zero attached hydrogens (tertiary/aromatic N) is 2. The standard InChI is InChI=1S/C22H20N2O2S/c1-4-24-19-18(26-3)13-12-14(2)20(19)27-22(24)23-21(25)17-11-7-9-15-8-5-6-10-16(15)17/h5-13H,4H2,1-3H3. The van der Waals surface area contributed by atoms with Gasteiger partial charge in [0.05, 0.1) is 11.8 Å². The van der Waals surface area contributed by atoms with Crippen LogP contribution in [0.3, 0.4) is 0 Å². The molecule has 27 heavy (non-hydrogen) atoms. The zero-order valence-corrected chi connectivity index (χ0v) is 16.3. The van der Waals surface area contributed by atoms with Crippen LogP contribution < -0.4 is 9.54 Å². The Bertz CT molecular complexity index is 1230. The molecule has 4 nitrogen and oxygen atoms in total. The van der Waals surface area contributed by atoms with Crippen molar-refractivity contribution in [1.82, 2.24) is 4.57 Å². The van der Waals surface area contributed by atoms with Crippen molar-refractivity contribution in [2.24, 2.45) is 4.99 Å². The first-order valence-corrected chi connectivity index (χ1v) is 9.69. The van der Waals surface area contributed by atoms with E-state index in [0.29, 0.717) is 16.9 Å². The largest absolute Gasteiger partial charge is 0.495 e. The van der Waals surface area contributed by atoms with Crippen molar-refractivity contribution in [3.8, 4) is 5.75 Å². The van der Waals surface area contributed by atoms with Gasteiger partial charge in [-0.2, -0.15) is 4.99 Å². The van der Waals surface area contributed by atoms with Crippen molar-refractivity contribution < 1.29 is 9.53 Å². The van der Waals surface area contributed by atoms with E-state index < -0.39 is 0 Å². The van der Waals surface area contributed by atoms with Crippen molar-refractivity contribution in [2.75, 3.05) is 7.11 Å². The molecule has 0 aliphatic rings. The molecule has 136 valence electrons. The molecule has 4 aromatic rings. The van der Waals surface area contributed by atoms with Crippen LogP contribution in [0.1, 0.15) is 22.8 Å². The summed E-state index contributed by atoms with van der Waals surface area (Å²) in [4.78, 5) is 18.2. The first-order valence-electron chi connectivity index (χ1n) is 8.87. The average molecular weight is 376 g/mol. The van der Waals surface area contributed by atoms with Crippen molar-refractivity contribution >= 4 is 38.2 Å². The lowest BCUT2D eigenvalue weighted by Gasteiger charge is -2.07. The third-order valence-corrected chi connectivity index (χ3v) is 5.95. The minimum atomic E-state index is -0.225. The Morgan fingerprint density at radius 2 is 1.89 bits per heavy atom. The zero-order valence-electron chi connectivity index (χ0n) is 15.5. The smallest absolute Gasteiger partial charge is 0.280 e. The lowest BCUT2D eigenvalue weighted by molar-refractivity contribution is 0.0999. The van der Waals surface area contributed by atoms with Crippen LogP contribution in [0, 0.1) is 6.92 Å². The number of carbonyl (C=O) groups excluding carboxylic acids is 1. The highest BCUT2D eigenvalue weighted by molar-refractivity contribution is 7.16. The summed E-state index contributed by atoms with van der Waals surface area (Å²) in [5.74, 6) is 0.574. The van der Waals surface area contributed by atoms with E-state index in [9.17, 15) is 4.79 Å². The molecule has 0 atom stereocenters. The van der Waals surface area contributed by atoms with Crippen LogP contribution in [-0.4, -0.2) is 17.6 Å². The van der Waals surface area contributed by atoms with Crippen LogP contribution in [0.4, 0.5) is 0 Å². The third-order valence-electron chi connectivity index (χ3n) is 4.74. The number of carbonyl (C=O) groups is 1. The highest BCUT2D eigenvalue weighted by atomic mass is 32.1. The summed E-state index contributed by atoms with van der Waals surface area (Å²) in [5, 5.41) is 1.96. The Labute approximate surface area is 161 Å². The summed E-state index contributed by atoms with van der Waals surface area (Å²) in [7, 11) is 1.67. The molecule has 4 rings (SSSR count). The molecule has 0 N–H and O–H groups in total. The number of amides is 1. The number of aromatic nitrogens is 1. The molecule has 0 aliphatic carbocycles. The van der Waals surface area contributed by atoms with Crippen molar-refractivity contribution in [1.29, 1.82) is 0 Å². The van der Waals surface area contributed by atoms with Gasteiger partial charge in [0, 0.05) is 12.1 Å². The summed E-state index contributed by atoms with van der Waals surface area (Å²) in [6, 6.07) is 17.6. The van der Waals surface area contributed by atoms with Crippen LogP contribution >= 0.6 is 11.3 Å². The lowest BCUT2D eigenvalue weighted by atomic mass is 10.0. The van der Waals surface area contributed by atoms with Crippen LogP contribution in [0.5, 0.6) is 5.75 Å². The molecule has 1 amide bonds. The lowest BCUT2D eigenvalue weighted by Crippen LogP contribution is -2.16. The van der Waals surface area contributed by atoms with E-state index in [-0.39, 0.29) is 5.91 Å². The van der Waals surface area contributed by atoms with E-state index in [1.807, 2.05) is 54.6 Å². The van der Waals surface area contributed by atoms with Crippen LogP contribution in [0.15, 0.2) is 59.6 Å². The zero-order chi connectivity index (χ0) is 19.0. The molecule has 5 heteroatoms. The predicted octanol–water partition coefficient (Wildman–Crippen LogP) is 4.93. The minimum Gasteiger partial charge on any atom is -0.495 e. The molecule has 1 heterocycles. The monoisotopic (exact) mass is 376 g/mol. The van der Waals surface area contributed by atoms with Gasteiger partial charge < -0.3 is 9.30 Å². The number of methoxy groups -OCH3 is 1. The Hall–Kier alpha value is -2.92. The van der Waals surface area contributed by atoms with E-state index in [1.54, 1.807) is 7.11 Å². The number of hydrogen-bond donors (Lipinski definition) is 0. The number of ether oxygens (including phenoxy) is 1. The van der Waals surface area contributed by atoms with Gasteiger partial charge >= 0.3 is 0 Å². The normalized spacial score (nSPS) is 12.0. The van der Waals surface area contributed by atoms with Gasteiger partial charge in [0.25, 0.3) is 5.91 Å². The summed E-state index contributed by atoms with van der Waals surface area (Å²) in [6.45, 7) is 4.82. The molecule has 0 unspecified atom stereocenters. The number of thiazole rings is 1. The summed E-state index contributed by atoms with van der Waals surface area (Å²) in [5.41, 5.74) is 2.77. The molecule has 0 spiro atoms. The van der Waals surface area contributed by atoms with E-state index in [4.69, 9.17) is 4.74 Å². The van der Waals surface area contributed by atoms with Gasteiger partial charge in [0.1, 0.15) is 11.3 Å². The maximum atomic E-state index is 13.0. The number of hydrogen-bond acceptors (Lipinski definition) is 3. The van der Waals surface area contributed by atoms with Gasteiger partial charge in [0.15, 0.2) is 4.80 Å². The highest BCUT2D eigenvalue weighted by Gasteiger charge is 2.14. The van der Waals surface area contributed by atoms with Crippen molar-refractivity contribution in [3.63, 3.8) is 0 Å². The Morgan fingerprint density at radius 3 is 2.67 bits per heavy atom. The van der Waals surface area contributed by atoms with Gasteiger partial charge in [-0.3, -0.25) is 4.79 Å². The number of fused-ring (bicyclic) bond motifs is 2. The maximum absolute atomic E-state index is 13.0. The van der Waals surface area contributed by atoms with Gasteiger partial charge in [-0.1, -0.05) is 53.8 Å². The number of rotatable bonds is 3. The molecule has 1 aromatic heterocycles. The topological polar surface area (TPSA) is 43.6 Å². The molecular formula is C22H20N2O2S. The van der Waals surface area contributed by atoms with Crippen molar-refractivity contribution in [3.05, 3.63) is 70.5 Å². The van der Waals surface area contributed by atoms with Gasteiger partial charge in [-0.15, -0.1) is 0 Å². The van der Waals surface area contributed by atoms with Crippen LogP contribution in [0.25, 0.3) is 21.0 Å². The molecule has 3 aromatic carbocycles. The maximum Gasteiger partial charge on any atom is 0.280 e. The first-order chi connectivity index (χ1) is 13.1. The summed E-state index contributed by atoms with van der Waals surface area (Å²) < 4.78 is 8.69. The summed E-state index contributed by atoms with van der Waals surface area (Å²) >= 11 is 1.53. The first kappa shape index (κ1) is 17.5. The van der Waals surface area contributed by atoms with Gasteiger partial charge in [0.2, 0.25) is 0 Å². The van der Waals surface area contributed by atoms with E-state index >= 15 is 0 Å². The van der Waals surface area contributed by atoms with Gasteiger partial charge in [-0.25, -0.2) is 0 Å². The quantitative estimate of drug-likeness (QED) is 0.509. The molecule has 0 saturated carbocycles. The highest BCUT2D eigenvalue weighted by Crippen LogP contribution is 2.30. The fourth-order valence-corrected chi connectivity index (χ4v) is 4.56. The van der Waals surface area contributed by atoms with Gasteiger partial charge in [-0.05, 0) is 42.3 Å². The Balaban J connectivity index is 1.95. The minimum absolute atomic E-state index is 0.225. The Kier molecular flexibility index (Phi) is 4.54. The third kappa shape index (κ3) is 2.94. The molecule has 0 bridgehead atoms. The fourth-order valence-electron chi connectivity index (χ4n) is 3.38. The average Bonchev–Trinajstić information content (AvgIpc) is 3.06. The number of aryl methyl sites for hydroxylation is 2. The second-order valence-electron chi connectivity index (χ2n) is 6.34. The van der Waals surface area contributed by atoms with Crippen LogP contribution in [0.2, 0.25) is 0 Å². The van der Waals surface area contributed by atoms with E-state index in [0.717, 1.165) is 32.3 Å². The second kappa shape index (κ2) is 7.00. The molecular weight excluding hydrogens is 356 g/mol. The van der Waals surface area contributed by atoms with E-state index in [1.165, 1.54) is 11.3 Å². The molecule has 0 aliphatic heterocycles. The molecule has 0 radical (unpaired) electrons. The summed E-state index contributed by atoms with van der Waals surface area (Å²) in [6.07, 6.45) is 0. The fraction of sp³-hybridized carbons (Fsp3) is 0.182. The Morgan fingerprint density at radius 1 is 1.11 bits per heavy atom. The predicted molar refractivity (Wildman–Crippen MR) is 111 cm³/mol. The second-order valence-corrected chi connectivity index (χ2v) is 7.31. The van der Waals surface area contributed by atoms with Crippen molar-refractivity contribution in [2.45, 2.75) is 20.4 Å². The SMILES string of the molecule is CCn1c(=NC(=O)c2cccc3ccccc23)sc2c(C)ccc(OC)c21. The molecule has 0 saturated heterocycles. The molecule has 0 fully saturated rings. The number of benzene rings is 3.